The number of fused-ring (bicyclic) bond motifs is 4. The maximum Gasteiger partial charge on any atom is 0.231 e. The summed E-state index contributed by atoms with van der Waals surface area (Å²) in [6.07, 6.45) is 0. The van der Waals surface area contributed by atoms with Gasteiger partial charge in [0.25, 0.3) is 0 Å². The summed E-state index contributed by atoms with van der Waals surface area (Å²) in [5.41, 5.74) is 1.33. The second-order valence-corrected chi connectivity index (χ2v) is 5.71. The summed E-state index contributed by atoms with van der Waals surface area (Å²) < 4.78 is 16.8. The van der Waals surface area contributed by atoms with E-state index in [-0.39, 0.29) is 12.2 Å². The van der Waals surface area contributed by atoms with Gasteiger partial charge in [-0.05, 0) is 29.7 Å². The second kappa shape index (κ2) is 4.86. The first-order valence-electron chi connectivity index (χ1n) is 7.65. The molecule has 5 rings (SSSR count). The fraction of sp³-hybridized carbons (Fsp3) is 0.0500. The summed E-state index contributed by atoms with van der Waals surface area (Å²) in [5.74, 6) is 1.88. The molecule has 0 bridgehead atoms. The molecule has 1 aliphatic rings. The van der Waals surface area contributed by atoms with Crippen molar-refractivity contribution >= 4 is 21.7 Å². The molecule has 24 heavy (non-hydrogen) atoms. The molecule has 0 saturated heterocycles. The number of benzene rings is 3. The Balaban J connectivity index is 1.80. The molecule has 0 aliphatic carbocycles. The Bertz CT molecular complexity index is 1160. The number of hydrogen-bond acceptors (Lipinski definition) is 4. The van der Waals surface area contributed by atoms with Gasteiger partial charge in [-0.2, -0.15) is 0 Å². The van der Waals surface area contributed by atoms with Gasteiger partial charge in [-0.15, -0.1) is 0 Å². The topological polar surface area (TPSA) is 48.7 Å². The summed E-state index contributed by atoms with van der Waals surface area (Å²) in [6, 6.07) is 18.7. The average molecular weight is 316 g/mol. The quantitative estimate of drug-likeness (QED) is 0.490. The molecule has 3 aromatic carbocycles. The molecule has 1 aliphatic heterocycles. The molecule has 0 fully saturated rings. The molecule has 0 atom stereocenters. The van der Waals surface area contributed by atoms with Gasteiger partial charge in [-0.3, -0.25) is 4.79 Å². The van der Waals surface area contributed by atoms with Crippen molar-refractivity contribution in [3.05, 3.63) is 70.9 Å². The van der Waals surface area contributed by atoms with E-state index >= 15 is 0 Å². The molecular formula is C20H12O4. The normalized spacial score (nSPS) is 12.8. The van der Waals surface area contributed by atoms with Crippen LogP contribution in [0.5, 0.6) is 11.5 Å². The lowest BCUT2D eigenvalue weighted by molar-refractivity contribution is 0.174. The van der Waals surface area contributed by atoms with E-state index in [0.717, 1.165) is 16.3 Å². The van der Waals surface area contributed by atoms with Crippen molar-refractivity contribution in [1.29, 1.82) is 0 Å². The standard InChI is InChI=1S/C20H12O4/c21-16-10-18(13-6-8-17-19(9-13)23-11-22-17)24-20-14-4-2-1-3-12(14)5-7-15(16)20/h1-10H,11H2. The van der Waals surface area contributed by atoms with Crippen LogP contribution in [0.1, 0.15) is 0 Å². The van der Waals surface area contributed by atoms with Gasteiger partial charge in [-0.1, -0.05) is 30.3 Å². The van der Waals surface area contributed by atoms with E-state index in [9.17, 15) is 4.79 Å². The van der Waals surface area contributed by atoms with Crippen LogP contribution in [0, 0.1) is 0 Å². The van der Waals surface area contributed by atoms with Crippen LogP contribution >= 0.6 is 0 Å². The van der Waals surface area contributed by atoms with Gasteiger partial charge < -0.3 is 13.9 Å². The molecule has 0 N–H and O–H groups in total. The van der Waals surface area contributed by atoms with E-state index in [2.05, 4.69) is 0 Å². The lowest BCUT2D eigenvalue weighted by Crippen LogP contribution is -2.00. The lowest BCUT2D eigenvalue weighted by atomic mass is 10.1. The first-order chi connectivity index (χ1) is 11.8. The Labute approximate surface area is 136 Å². The molecule has 0 saturated carbocycles. The minimum absolute atomic E-state index is 0.0605. The molecule has 0 unspecified atom stereocenters. The van der Waals surface area contributed by atoms with Gasteiger partial charge in [0.2, 0.25) is 6.79 Å². The lowest BCUT2D eigenvalue weighted by Gasteiger charge is -2.07. The van der Waals surface area contributed by atoms with Gasteiger partial charge in [0.1, 0.15) is 11.3 Å². The van der Waals surface area contributed by atoms with Crippen molar-refractivity contribution in [3.63, 3.8) is 0 Å². The van der Waals surface area contributed by atoms with E-state index in [1.54, 1.807) is 0 Å². The van der Waals surface area contributed by atoms with Crippen molar-refractivity contribution in [2.45, 2.75) is 0 Å². The zero-order valence-corrected chi connectivity index (χ0v) is 12.6. The number of ether oxygens (including phenoxy) is 2. The van der Waals surface area contributed by atoms with Crippen molar-refractivity contribution in [2.75, 3.05) is 6.79 Å². The SMILES string of the molecule is O=c1cc(-c2ccc3c(c2)OCO3)oc2c1ccc1ccccc12. The number of rotatable bonds is 1. The molecule has 4 aromatic rings. The van der Waals surface area contributed by atoms with E-state index in [4.69, 9.17) is 13.9 Å². The minimum Gasteiger partial charge on any atom is -0.455 e. The van der Waals surface area contributed by atoms with Gasteiger partial charge in [0, 0.05) is 17.0 Å². The number of hydrogen-bond donors (Lipinski definition) is 0. The molecule has 4 nitrogen and oxygen atoms in total. The first kappa shape index (κ1) is 13.2. The monoisotopic (exact) mass is 316 g/mol. The van der Waals surface area contributed by atoms with E-state index in [1.807, 2.05) is 54.6 Å². The highest BCUT2D eigenvalue weighted by Gasteiger charge is 2.16. The van der Waals surface area contributed by atoms with Gasteiger partial charge in [-0.25, -0.2) is 0 Å². The van der Waals surface area contributed by atoms with Gasteiger partial charge in [0.05, 0.1) is 5.39 Å². The third-order valence-electron chi connectivity index (χ3n) is 4.28. The fourth-order valence-corrected chi connectivity index (χ4v) is 3.08. The Morgan fingerprint density at radius 3 is 2.62 bits per heavy atom. The molecule has 0 amide bonds. The highest BCUT2D eigenvalue weighted by atomic mass is 16.7. The van der Waals surface area contributed by atoms with Crippen LogP contribution in [-0.4, -0.2) is 6.79 Å². The summed E-state index contributed by atoms with van der Waals surface area (Å²) in [7, 11) is 0. The Morgan fingerprint density at radius 1 is 0.792 bits per heavy atom. The van der Waals surface area contributed by atoms with E-state index < -0.39 is 0 Å². The molecule has 1 aromatic heterocycles. The van der Waals surface area contributed by atoms with Crippen LogP contribution in [0.25, 0.3) is 33.1 Å². The van der Waals surface area contributed by atoms with Crippen LogP contribution in [0.2, 0.25) is 0 Å². The third kappa shape index (κ3) is 1.90. The van der Waals surface area contributed by atoms with E-state index in [0.29, 0.717) is 28.2 Å². The van der Waals surface area contributed by atoms with Crippen LogP contribution in [0.15, 0.2) is 69.9 Å². The fourth-order valence-electron chi connectivity index (χ4n) is 3.08. The molecule has 116 valence electrons. The van der Waals surface area contributed by atoms with Gasteiger partial charge in [0.15, 0.2) is 16.9 Å². The second-order valence-electron chi connectivity index (χ2n) is 5.71. The van der Waals surface area contributed by atoms with Crippen molar-refractivity contribution in [1.82, 2.24) is 0 Å². The minimum atomic E-state index is -0.0605. The third-order valence-corrected chi connectivity index (χ3v) is 4.28. The first-order valence-corrected chi connectivity index (χ1v) is 7.65. The Morgan fingerprint density at radius 2 is 1.67 bits per heavy atom. The molecule has 0 radical (unpaired) electrons. The van der Waals surface area contributed by atoms with E-state index in [1.165, 1.54) is 6.07 Å². The van der Waals surface area contributed by atoms with Crippen LogP contribution in [0.3, 0.4) is 0 Å². The van der Waals surface area contributed by atoms with Crippen LogP contribution in [-0.2, 0) is 0 Å². The highest BCUT2D eigenvalue weighted by Crippen LogP contribution is 2.36. The largest absolute Gasteiger partial charge is 0.455 e. The maximum atomic E-state index is 12.5. The van der Waals surface area contributed by atoms with Gasteiger partial charge >= 0.3 is 0 Å². The zero-order valence-electron chi connectivity index (χ0n) is 12.6. The Kier molecular flexibility index (Phi) is 2.67. The zero-order chi connectivity index (χ0) is 16.1. The summed E-state index contributed by atoms with van der Waals surface area (Å²) in [4.78, 5) is 12.5. The molecule has 4 heteroatoms. The van der Waals surface area contributed by atoms with Crippen molar-refractivity contribution in [3.8, 4) is 22.8 Å². The Hall–Kier alpha value is -3.27. The van der Waals surface area contributed by atoms with Crippen molar-refractivity contribution < 1.29 is 13.9 Å². The molecular weight excluding hydrogens is 304 g/mol. The predicted octanol–water partition coefficient (Wildman–Crippen LogP) is 4.34. The summed E-state index contributed by atoms with van der Waals surface area (Å²) in [6.45, 7) is 0.213. The van der Waals surface area contributed by atoms with Crippen LogP contribution in [0.4, 0.5) is 0 Å². The summed E-state index contributed by atoms with van der Waals surface area (Å²) >= 11 is 0. The molecule has 0 spiro atoms. The van der Waals surface area contributed by atoms with Crippen LogP contribution < -0.4 is 14.9 Å². The van der Waals surface area contributed by atoms with Crippen molar-refractivity contribution in [2.24, 2.45) is 0 Å². The highest BCUT2D eigenvalue weighted by molar-refractivity contribution is 6.04. The average Bonchev–Trinajstić information content (AvgIpc) is 3.09. The maximum absolute atomic E-state index is 12.5. The predicted molar refractivity (Wildman–Crippen MR) is 91.5 cm³/mol. The molecule has 2 heterocycles. The smallest absolute Gasteiger partial charge is 0.231 e. The summed E-state index contributed by atoms with van der Waals surface area (Å²) in [5, 5.41) is 2.55.